The van der Waals surface area contributed by atoms with Gasteiger partial charge in [-0.15, -0.1) is 0 Å². The Morgan fingerprint density at radius 2 is 1.96 bits per heavy atom. The molecule has 1 unspecified atom stereocenters. The minimum Gasteiger partial charge on any atom is -0.315 e. The minimum absolute atomic E-state index is 0.292. The highest BCUT2D eigenvalue weighted by Gasteiger charge is 2.35. The van der Waals surface area contributed by atoms with Gasteiger partial charge in [-0.25, -0.2) is 0 Å². The fourth-order valence-electron chi connectivity index (χ4n) is 5.54. The summed E-state index contributed by atoms with van der Waals surface area (Å²) >= 11 is 0. The largest absolute Gasteiger partial charge is 0.315 e. The number of fused-ring (bicyclic) bond motifs is 1. The van der Waals surface area contributed by atoms with E-state index in [1.807, 2.05) is 0 Å². The van der Waals surface area contributed by atoms with Crippen LogP contribution in [-0.4, -0.2) is 42.5 Å². The van der Waals surface area contributed by atoms with Gasteiger partial charge in [-0.3, -0.25) is 9.69 Å². The molecule has 1 amide bonds. The monoisotopic (exact) mass is 383 g/mol. The number of hydrogen-bond acceptors (Lipinski definition) is 3. The number of benzene rings is 1. The first-order valence-corrected chi connectivity index (χ1v) is 11.7. The van der Waals surface area contributed by atoms with Gasteiger partial charge in [0.2, 0.25) is 5.91 Å². The van der Waals surface area contributed by atoms with Crippen LogP contribution in [0.1, 0.15) is 82.7 Å². The minimum atomic E-state index is 0.292. The first-order valence-electron chi connectivity index (χ1n) is 11.7. The van der Waals surface area contributed by atoms with Crippen molar-refractivity contribution in [2.24, 2.45) is 0 Å². The first-order chi connectivity index (χ1) is 13.8. The van der Waals surface area contributed by atoms with Gasteiger partial charge < -0.3 is 10.2 Å². The third kappa shape index (κ3) is 4.28. The summed E-state index contributed by atoms with van der Waals surface area (Å²) < 4.78 is 0. The summed E-state index contributed by atoms with van der Waals surface area (Å²) in [6.45, 7) is 5.40. The van der Waals surface area contributed by atoms with Crippen molar-refractivity contribution in [1.29, 1.82) is 0 Å². The van der Waals surface area contributed by atoms with E-state index in [9.17, 15) is 4.79 Å². The standard InChI is InChI=1S/C24H37N3O/c1-2-3-9-24(28)27(22-8-6-16-25-18-22)21-12-10-19(11-13-21)23-15-14-20-7-4-5-17-26(20)23/h10-13,20,22-23,25H,2-9,14-18H2,1H3/t20-,22?,23-/m1/s1. The number of carbonyl (C=O) groups excluding carboxylic acids is 1. The molecule has 0 aromatic heterocycles. The Morgan fingerprint density at radius 3 is 2.71 bits per heavy atom. The van der Waals surface area contributed by atoms with Crippen LogP contribution < -0.4 is 10.2 Å². The molecule has 1 aromatic rings. The zero-order valence-corrected chi connectivity index (χ0v) is 17.5. The van der Waals surface area contributed by atoms with Crippen molar-refractivity contribution in [3.05, 3.63) is 29.8 Å². The van der Waals surface area contributed by atoms with Crippen LogP contribution in [-0.2, 0) is 4.79 Å². The second-order valence-corrected chi connectivity index (χ2v) is 8.94. The number of amides is 1. The predicted octanol–water partition coefficient (Wildman–Crippen LogP) is 4.65. The molecule has 0 radical (unpaired) electrons. The normalized spacial score (nSPS) is 28.1. The number of anilines is 1. The number of piperidine rings is 2. The molecule has 1 aromatic carbocycles. The van der Waals surface area contributed by atoms with Crippen LogP contribution in [0.3, 0.4) is 0 Å². The summed E-state index contributed by atoms with van der Waals surface area (Å²) in [6, 6.07) is 10.7. The maximum absolute atomic E-state index is 13.0. The molecule has 3 aliphatic heterocycles. The van der Waals surface area contributed by atoms with E-state index < -0.39 is 0 Å². The quantitative estimate of drug-likeness (QED) is 0.776. The number of nitrogens with one attached hydrogen (secondary N) is 1. The lowest BCUT2D eigenvalue weighted by atomic mass is 10.0. The molecule has 0 saturated carbocycles. The van der Waals surface area contributed by atoms with E-state index in [0.29, 0.717) is 24.4 Å². The summed E-state index contributed by atoms with van der Waals surface area (Å²) in [7, 11) is 0. The highest BCUT2D eigenvalue weighted by Crippen LogP contribution is 2.40. The van der Waals surface area contributed by atoms with Crippen LogP contribution in [0.15, 0.2) is 24.3 Å². The maximum Gasteiger partial charge on any atom is 0.227 e. The van der Waals surface area contributed by atoms with Crippen molar-refractivity contribution in [3.8, 4) is 0 Å². The van der Waals surface area contributed by atoms with E-state index in [1.165, 1.54) is 44.2 Å². The van der Waals surface area contributed by atoms with E-state index >= 15 is 0 Å². The van der Waals surface area contributed by atoms with Crippen LogP contribution in [0, 0.1) is 0 Å². The van der Waals surface area contributed by atoms with Crippen molar-refractivity contribution < 1.29 is 4.79 Å². The SMILES string of the molecule is CCCCC(=O)N(c1ccc([C@H]2CC[C@H]3CCCCN32)cc1)C1CCCNC1. The molecule has 0 spiro atoms. The van der Waals surface area contributed by atoms with Gasteiger partial charge in [0.25, 0.3) is 0 Å². The fourth-order valence-corrected chi connectivity index (χ4v) is 5.54. The van der Waals surface area contributed by atoms with Crippen molar-refractivity contribution in [3.63, 3.8) is 0 Å². The molecule has 3 atom stereocenters. The molecule has 3 heterocycles. The van der Waals surface area contributed by atoms with Crippen LogP contribution in [0.25, 0.3) is 0 Å². The van der Waals surface area contributed by atoms with Gasteiger partial charge in [-0.05, 0) is 75.7 Å². The summed E-state index contributed by atoms with van der Waals surface area (Å²) in [5, 5.41) is 3.48. The van der Waals surface area contributed by atoms with Crippen molar-refractivity contribution in [1.82, 2.24) is 10.2 Å². The number of hydrogen-bond donors (Lipinski definition) is 1. The molecular formula is C24H37N3O. The van der Waals surface area contributed by atoms with Crippen molar-refractivity contribution in [2.75, 3.05) is 24.5 Å². The van der Waals surface area contributed by atoms with E-state index in [1.54, 1.807) is 0 Å². The zero-order valence-electron chi connectivity index (χ0n) is 17.5. The number of unbranched alkanes of at least 4 members (excludes halogenated alkanes) is 1. The first kappa shape index (κ1) is 19.9. The number of carbonyl (C=O) groups is 1. The molecule has 0 bridgehead atoms. The third-order valence-electron chi connectivity index (χ3n) is 7.05. The van der Waals surface area contributed by atoms with E-state index in [4.69, 9.17) is 0 Å². The molecule has 0 aliphatic carbocycles. The fraction of sp³-hybridized carbons (Fsp3) is 0.708. The maximum atomic E-state index is 13.0. The Balaban J connectivity index is 1.51. The van der Waals surface area contributed by atoms with Crippen LogP contribution in [0.5, 0.6) is 0 Å². The molecular weight excluding hydrogens is 346 g/mol. The zero-order chi connectivity index (χ0) is 19.3. The van der Waals surface area contributed by atoms with E-state index in [2.05, 4.69) is 46.3 Å². The average molecular weight is 384 g/mol. The highest BCUT2D eigenvalue weighted by molar-refractivity contribution is 5.94. The van der Waals surface area contributed by atoms with E-state index in [0.717, 1.165) is 50.5 Å². The molecule has 4 nitrogen and oxygen atoms in total. The molecule has 3 saturated heterocycles. The van der Waals surface area contributed by atoms with E-state index in [-0.39, 0.29) is 0 Å². The van der Waals surface area contributed by atoms with Gasteiger partial charge in [-0.2, -0.15) is 0 Å². The van der Waals surface area contributed by atoms with Gasteiger partial charge in [0.05, 0.1) is 0 Å². The average Bonchev–Trinajstić information content (AvgIpc) is 3.18. The highest BCUT2D eigenvalue weighted by atomic mass is 16.2. The molecule has 3 fully saturated rings. The lowest BCUT2D eigenvalue weighted by Crippen LogP contribution is -2.49. The second-order valence-electron chi connectivity index (χ2n) is 8.94. The molecule has 28 heavy (non-hydrogen) atoms. The lowest BCUT2D eigenvalue weighted by molar-refractivity contribution is -0.119. The Bertz CT molecular complexity index is 638. The summed E-state index contributed by atoms with van der Waals surface area (Å²) in [5.41, 5.74) is 2.53. The molecule has 1 N–H and O–H groups in total. The smallest absolute Gasteiger partial charge is 0.227 e. The molecule has 154 valence electrons. The molecule has 4 rings (SSSR count). The van der Waals surface area contributed by atoms with Crippen LogP contribution >= 0.6 is 0 Å². The molecule has 4 heteroatoms. The van der Waals surface area contributed by atoms with Crippen LogP contribution in [0.4, 0.5) is 5.69 Å². The van der Waals surface area contributed by atoms with Crippen LogP contribution in [0.2, 0.25) is 0 Å². The third-order valence-corrected chi connectivity index (χ3v) is 7.05. The summed E-state index contributed by atoms with van der Waals surface area (Å²) in [4.78, 5) is 17.9. The Hall–Kier alpha value is -1.39. The lowest BCUT2D eigenvalue weighted by Gasteiger charge is -2.36. The Kier molecular flexibility index (Phi) is 6.69. The Labute approximate surface area is 170 Å². The van der Waals surface area contributed by atoms with Crippen molar-refractivity contribution in [2.45, 2.75) is 89.3 Å². The topological polar surface area (TPSA) is 35.6 Å². The summed E-state index contributed by atoms with van der Waals surface area (Å²) in [6.07, 6.45) is 11.7. The summed E-state index contributed by atoms with van der Waals surface area (Å²) in [5.74, 6) is 0.292. The molecule has 3 aliphatic rings. The van der Waals surface area contributed by atoms with Gasteiger partial charge in [0.1, 0.15) is 0 Å². The van der Waals surface area contributed by atoms with Gasteiger partial charge in [-0.1, -0.05) is 31.9 Å². The number of nitrogens with zero attached hydrogens (tertiary/aromatic N) is 2. The predicted molar refractivity (Wildman–Crippen MR) is 116 cm³/mol. The van der Waals surface area contributed by atoms with Gasteiger partial charge in [0, 0.05) is 36.8 Å². The Morgan fingerprint density at radius 1 is 1.11 bits per heavy atom. The second kappa shape index (κ2) is 9.41. The number of rotatable bonds is 6. The van der Waals surface area contributed by atoms with Gasteiger partial charge >= 0.3 is 0 Å². The van der Waals surface area contributed by atoms with Crippen molar-refractivity contribution >= 4 is 11.6 Å². The van der Waals surface area contributed by atoms with Gasteiger partial charge in [0.15, 0.2) is 0 Å².